The maximum absolute atomic E-state index is 12.3. The van der Waals surface area contributed by atoms with Crippen LogP contribution in [-0.2, 0) is 27.2 Å². The van der Waals surface area contributed by atoms with Crippen molar-refractivity contribution in [2.24, 2.45) is 0 Å². The molecule has 0 saturated heterocycles. The summed E-state index contributed by atoms with van der Waals surface area (Å²) in [6.45, 7) is 1.59. The number of fused-ring (bicyclic) bond motifs is 1. The van der Waals surface area contributed by atoms with Crippen molar-refractivity contribution in [2.75, 3.05) is 11.9 Å². The van der Waals surface area contributed by atoms with Crippen molar-refractivity contribution in [3.05, 3.63) is 64.7 Å². The maximum Gasteiger partial charge on any atom is 0.306 e. The van der Waals surface area contributed by atoms with Crippen LogP contribution < -0.4 is 5.32 Å². The average Bonchev–Trinajstić information content (AvgIpc) is 3.14. The molecule has 27 heavy (non-hydrogen) atoms. The van der Waals surface area contributed by atoms with Crippen molar-refractivity contribution in [2.45, 2.75) is 39.0 Å². The van der Waals surface area contributed by atoms with E-state index in [2.05, 4.69) is 5.32 Å². The highest BCUT2D eigenvalue weighted by Crippen LogP contribution is 2.23. The van der Waals surface area contributed by atoms with Crippen molar-refractivity contribution in [3.8, 4) is 0 Å². The van der Waals surface area contributed by atoms with Crippen LogP contribution in [0.5, 0.6) is 0 Å². The zero-order valence-electron chi connectivity index (χ0n) is 15.4. The molecule has 1 aliphatic rings. The Balaban J connectivity index is 1.40. The van der Waals surface area contributed by atoms with Crippen molar-refractivity contribution >= 4 is 23.3 Å². The van der Waals surface area contributed by atoms with Gasteiger partial charge in [0.15, 0.2) is 12.4 Å². The Labute approximate surface area is 158 Å². The first-order valence-electron chi connectivity index (χ1n) is 9.18. The lowest BCUT2D eigenvalue weighted by Crippen LogP contribution is -2.21. The second kappa shape index (κ2) is 8.62. The summed E-state index contributed by atoms with van der Waals surface area (Å²) in [7, 11) is 0. The molecule has 3 rings (SSSR count). The second-order valence-corrected chi connectivity index (χ2v) is 6.84. The van der Waals surface area contributed by atoms with Crippen molar-refractivity contribution in [1.29, 1.82) is 0 Å². The minimum atomic E-state index is -0.552. The monoisotopic (exact) mass is 365 g/mol. The molecule has 0 atom stereocenters. The zero-order chi connectivity index (χ0) is 19.2. The first-order chi connectivity index (χ1) is 13.0. The molecule has 2 aromatic carbocycles. The minimum Gasteiger partial charge on any atom is -0.456 e. The Kier molecular flexibility index (Phi) is 6.01. The van der Waals surface area contributed by atoms with Crippen LogP contribution in [0.3, 0.4) is 0 Å². The van der Waals surface area contributed by atoms with Gasteiger partial charge in [0.2, 0.25) is 0 Å². The van der Waals surface area contributed by atoms with Crippen LogP contribution >= 0.6 is 0 Å². The van der Waals surface area contributed by atoms with Gasteiger partial charge in [-0.25, -0.2) is 0 Å². The summed E-state index contributed by atoms with van der Waals surface area (Å²) in [6, 6.07) is 13.1. The molecule has 0 aromatic heterocycles. The van der Waals surface area contributed by atoms with Crippen LogP contribution in [-0.4, -0.2) is 24.3 Å². The van der Waals surface area contributed by atoms with Gasteiger partial charge in [-0.15, -0.1) is 0 Å². The fourth-order valence-corrected chi connectivity index (χ4v) is 3.16. The number of ether oxygens (including phenoxy) is 1. The molecule has 5 heteroatoms. The van der Waals surface area contributed by atoms with Crippen molar-refractivity contribution < 1.29 is 19.1 Å². The molecule has 0 radical (unpaired) electrons. The van der Waals surface area contributed by atoms with E-state index in [1.54, 1.807) is 12.1 Å². The number of hydrogen-bond acceptors (Lipinski definition) is 4. The number of aryl methyl sites for hydroxylation is 3. The van der Waals surface area contributed by atoms with E-state index >= 15 is 0 Å². The summed E-state index contributed by atoms with van der Waals surface area (Å²) in [5, 5.41) is 2.66. The number of esters is 1. The Bertz CT molecular complexity index is 855. The van der Waals surface area contributed by atoms with E-state index in [1.807, 2.05) is 37.3 Å². The quantitative estimate of drug-likeness (QED) is 0.601. The first-order valence-corrected chi connectivity index (χ1v) is 9.18. The minimum absolute atomic E-state index is 0.0340. The maximum atomic E-state index is 12.3. The van der Waals surface area contributed by atoms with E-state index in [9.17, 15) is 14.4 Å². The Hall–Kier alpha value is -2.95. The van der Waals surface area contributed by atoms with E-state index in [0.29, 0.717) is 11.3 Å². The Morgan fingerprint density at radius 1 is 0.963 bits per heavy atom. The number of amides is 1. The standard InChI is InChI=1S/C22H23NO4/c1-15-5-9-19(10-6-15)23-21(25)14-27-22(26)12-11-20(24)18-8-7-16-3-2-4-17(16)13-18/h5-10,13H,2-4,11-12,14H2,1H3,(H,23,25). The van der Waals surface area contributed by atoms with Gasteiger partial charge >= 0.3 is 5.97 Å². The number of benzene rings is 2. The second-order valence-electron chi connectivity index (χ2n) is 6.84. The number of Topliss-reactive ketones (excluding diaryl/α,β-unsaturated/α-hetero) is 1. The molecule has 0 spiro atoms. The van der Waals surface area contributed by atoms with Gasteiger partial charge in [-0.05, 0) is 55.5 Å². The molecule has 0 heterocycles. The van der Waals surface area contributed by atoms with Gasteiger partial charge in [-0.1, -0.05) is 29.8 Å². The highest BCUT2D eigenvalue weighted by atomic mass is 16.5. The lowest BCUT2D eigenvalue weighted by molar-refractivity contribution is -0.147. The molecule has 0 unspecified atom stereocenters. The zero-order valence-corrected chi connectivity index (χ0v) is 15.4. The highest BCUT2D eigenvalue weighted by molar-refractivity contribution is 5.98. The molecular weight excluding hydrogens is 342 g/mol. The number of rotatable bonds is 7. The van der Waals surface area contributed by atoms with Gasteiger partial charge in [0.25, 0.3) is 5.91 Å². The van der Waals surface area contributed by atoms with Crippen LogP contribution in [0.25, 0.3) is 0 Å². The summed E-state index contributed by atoms with van der Waals surface area (Å²) >= 11 is 0. The molecule has 5 nitrogen and oxygen atoms in total. The van der Waals surface area contributed by atoms with E-state index in [4.69, 9.17) is 4.74 Å². The molecule has 2 aromatic rings. The third-order valence-electron chi connectivity index (χ3n) is 4.68. The van der Waals surface area contributed by atoms with E-state index < -0.39 is 11.9 Å². The fraction of sp³-hybridized carbons (Fsp3) is 0.318. The van der Waals surface area contributed by atoms with Crippen LogP contribution in [0.2, 0.25) is 0 Å². The summed E-state index contributed by atoms with van der Waals surface area (Å²) in [5.74, 6) is -1.04. The number of nitrogens with one attached hydrogen (secondary N) is 1. The molecule has 140 valence electrons. The molecule has 0 saturated carbocycles. The predicted molar refractivity (Wildman–Crippen MR) is 103 cm³/mol. The number of anilines is 1. The van der Waals surface area contributed by atoms with Gasteiger partial charge in [-0.3, -0.25) is 14.4 Å². The molecule has 1 aliphatic carbocycles. The van der Waals surface area contributed by atoms with Crippen LogP contribution in [0, 0.1) is 6.92 Å². The van der Waals surface area contributed by atoms with Gasteiger partial charge in [0.1, 0.15) is 0 Å². The molecular formula is C22H23NO4. The summed E-state index contributed by atoms with van der Waals surface area (Å²) in [5.41, 5.74) is 4.92. The smallest absolute Gasteiger partial charge is 0.306 e. The van der Waals surface area contributed by atoms with Crippen molar-refractivity contribution in [3.63, 3.8) is 0 Å². The number of ketones is 1. The number of hydrogen-bond donors (Lipinski definition) is 1. The van der Waals surface area contributed by atoms with E-state index in [0.717, 1.165) is 24.8 Å². The third kappa shape index (κ3) is 5.26. The first kappa shape index (κ1) is 18.8. The summed E-state index contributed by atoms with van der Waals surface area (Å²) < 4.78 is 4.96. The highest BCUT2D eigenvalue weighted by Gasteiger charge is 2.15. The number of carbonyl (C=O) groups is 3. The van der Waals surface area contributed by atoms with Gasteiger partial charge < -0.3 is 10.1 Å². The van der Waals surface area contributed by atoms with Gasteiger partial charge in [0.05, 0.1) is 6.42 Å². The average molecular weight is 365 g/mol. The van der Waals surface area contributed by atoms with E-state index in [-0.39, 0.29) is 25.2 Å². The Morgan fingerprint density at radius 2 is 1.70 bits per heavy atom. The lowest BCUT2D eigenvalue weighted by Gasteiger charge is -2.07. The fourth-order valence-electron chi connectivity index (χ4n) is 3.16. The Morgan fingerprint density at radius 3 is 2.48 bits per heavy atom. The van der Waals surface area contributed by atoms with Crippen LogP contribution in [0.15, 0.2) is 42.5 Å². The van der Waals surface area contributed by atoms with E-state index in [1.165, 1.54) is 11.1 Å². The van der Waals surface area contributed by atoms with Crippen LogP contribution in [0.1, 0.15) is 46.3 Å². The summed E-state index contributed by atoms with van der Waals surface area (Å²) in [4.78, 5) is 35.9. The lowest BCUT2D eigenvalue weighted by atomic mass is 10.0. The summed E-state index contributed by atoms with van der Waals surface area (Å²) in [6.07, 6.45) is 3.25. The van der Waals surface area contributed by atoms with Gasteiger partial charge in [-0.2, -0.15) is 0 Å². The van der Waals surface area contributed by atoms with Crippen LogP contribution in [0.4, 0.5) is 5.69 Å². The van der Waals surface area contributed by atoms with Crippen molar-refractivity contribution in [1.82, 2.24) is 0 Å². The third-order valence-corrected chi connectivity index (χ3v) is 4.68. The normalized spacial score (nSPS) is 12.3. The predicted octanol–water partition coefficient (Wildman–Crippen LogP) is 3.63. The SMILES string of the molecule is Cc1ccc(NC(=O)COC(=O)CCC(=O)c2ccc3c(c2)CCC3)cc1. The molecule has 0 fully saturated rings. The number of carbonyl (C=O) groups excluding carboxylic acids is 3. The molecule has 1 amide bonds. The van der Waals surface area contributed by atoms with Gasteiger partial charge in [0, 0.05) is 17.7 Å². The molecule has 0 bridgehead atoms. The topological polar surface area (TPSA) is 72.5 Å². The molecule has 1 N–H and O–H groups in total. The largest absolute Gasteiger partial charge is 0.456 e. The molecule has 0 aliphatic heterocycles.